The van der Waals surface area contributed by atoms with Gasteiger partial charge in [0.1, 0.15) is 12.4 Å². The molecule has 2 aromatic carbocycles. The first-order chi connectivity index (χ1) is 11.6. The fourth-order valence-corrected chi connectivity index (χ4v) is 2.83. The van der Waals surface area contributed by atoms with E-state index in [0.717, 1.165) is 28.2 Å². The van der Waals surface area contributed by atoms with Crippen molar-refractivity contribution in [2.45, 2.75) is 13.0 Å². The van der Waals surface area contributed by atoms with E-state index in [-0.39, 0.29) is 11.7 Å². The third-order valence-corrected chi connectivity index (χ3v) is 4.07. The van der Waals surface area contributed by atoms with Gasteiger partial charge in [0.25, 0.3) is 5.91 Å². The van der Waals surface area contributed by atoms with Crippen molar-refractivity contribution in [3.8, 4) is 0 Å². The van der Waals surface area contributed by atoms with Crippen molar-refractivity contribution in [1.82, 2.24) is 5.01 Å². The van der Waals surface area contributed by atoms with Crippen molar-refractivity contribution >= 4 is 11.6 Å². The number of rotatable bonds is 5. The van der Waals surface area contributed by atoms with E-state index in [0.29, 0.717) is 19.6 Å². The Morgan fingerprint density at radius 3 is 2.58 bits per heavy atom. The average molecular weight is 326 g/mol. The third kappa shape index (κ3) is 4.06. The minimum Gasteiger partial charge on any atom is -0.326 e. The van der Waals surface area contributed by atoms with E-state index in [1.807, 2.05) is 37.4 Å². The molecule has 1 heterocycles. The molecule has 1 aliphatic heterocycles. The highest BCUT2D eigenvalue weighted by Crippen LogP contribution is 2.13. The summed E-state index contributed by atoms with van der Waals surface area (Å²) in [6, 6.07) is 16.3. The molecule has 1 N–H and O–H groups in total. The summed E-state index contributed by atoms with van der Waals surface area (Å²) in [7, 11) is 1.96. The lowest BCUT2D eigenvalue weighted by atomic mass is 10.1. The maximum atomic E-state index is 12.9. The minimum absolute atomic E-state index is 0.0144. The molecule has 0 radical (unpaired) electrons. The van der Waals surface area contributed by atoms with Crippen LogP contribution in [0.15, 0.2) is 59.7 Å². The van der Waals surface area contributed by atoms with Crippen LogP contribution < -0.4 is 4.90 Å². The van der Waals surface area contributed by atoms with Crippen LogP contribution >= 0.6 is 0 Å². The van der Waals surface area contributed by atoms with Crippen molar-refractivity contribution in [3.63, 3.8) is 0 Å². The van der Waals surface area contributed by atoms with Crippen LogP contribution in [0.4, 0.5) is 4.39 Å². The van der Waals surface area contributed by atoms with Gasteiger partial charge in [-0.3, -0.25) is 4.79 Å². The first kappa shape index (κ1) is 16.3. The Morgan fingerprint density at radius 1 is 1.17 bits per heavy atom. The molecule has 1 amide bonds. The number of benzene rings is 2. The normalized spacial score (nSPS) is 15.2. The van der Waals surface area contributed by atoms with E-state index in [2.05, 4.69) is 5.10 Å². The van der Waals surface area contributed by atoms with E-state index < -0.39 is 0 Å². The lowest BCUT2D eigenvalue weighted by Crippen LogP contribution is -3.08. The van der Waals surface area contributed by atoms with Crippen molar-refractivity contribution in [2.24, 2.45) is 5.10 Å². The summed E-state index contributed by atoms with van der Waals surface area (Å²) in [4.78, 5) is 13.5. The second kappa shape index (κ2) is 7.36. The van der Waals surface area contributed by atoms with Crippen LogP contribution in [0.1, 0.15) is 17.5 Å². The number of carbonyl (C=O) groups is 1. The number of halogens is 1. The molecule has 0 bridgehead atoms. The number of hydrogen-bond acceptors (Lipinski definition) is 2. The van der Waals surface area contributed by atoms with E-state index in [1.54, 1.807) is 17.1 Å². The Kier molecular flexibility index (Phi) is 5.01. The summed E-state index contributed by atoms with van der Waals surface area (Å²) in [6.07, 6.45) is 0.784. The van der Waals surface area contributed by atoms with Gasteiger partial charge in [0, 0.05) is 12.0 Å². The molecule has 5 heteroatoms. The molecule has 4 nitrogen and oxygen atoms in total. The molecule has 0 aliphatic carbocycles. The number of nitrogens with zero attached hydrogens (tertiary/aromatic N) is 2. The fourth-order valence-electron chi connectivity index (χ4n) is 2.83. The van der Waals surface area contributed by atoms with Crippen LogP contribution in [0.2, 0.25) is 0 Å². The Hall–Kier alpha value is -2.53. The molecule has 0 spiro atoms. The van der Waals surface area contributed by atoms with Gasteiger partial charge in [0.2, 0.25) is 0 Å². The van der Waals surface area contributed by atoms with Gasteiger partial charge in [0.05, 0.1) is 19.3 Å². The number of nitrogens with one attached hydrogen (secondary N) is 1. The summed E-state index contributed by atoms with van der Waals surface area (Å²) >= 11 is 0. The number of carbonyl (C=O) groups excluding carboxylic acids is 1. The molecular weight excluding hydrogens is 305 g/mol. The van der Waals surface area contributed by atoms with Crippen molar-refractivity contribution < 1.29 is 14.1 Å². The predicted molar refractivity (Wildman–Crippen MR) is 91.2 cm³/mol. The van der Waals surface area contributed by atoms with Gasteiger partial charge in [-0.1, -0.05) is 42.5 Å². The number of likely N-dealkylation sites (N-methyl/N-ethyl adjacent to an activating group) is 1. The quantitative estimate of drug-likeness (QED) is 0.888. The molecular formula is C19H21FN3O+. The largest absolute Gasteiger partial charge is 0.326 e. The Morgan fingerprint density at radius 2 is 1.88 bits per heavy atom. The SMILES string of the molecule is C[NH+](CC(=O)N1CCC(c2ccccc2)=N1)Cc1ccc(F)cc1. The summed E-state index contributed by atoms with van der Waals surface area (Å²) in [6.45, 7) is 1.67. The molecule has 1 aliphatic rings. The second-order valence-electron chi connectivity index (χ2n) is 6.12. The molecule has 0 aromatic heterocycles. The van der Waals surface area contributed by atoms with Gasteiger partial charge in [0.15, 0.2) is 6.54 Å². The summed E-state index contributed by atoms with van der Waals surface area (Å²) in [5, 5.41) is 6.03. The summed E-state index contributed by atoms with van der Waals surface area (Å²) in [5.74, 6) is -0.229. The lowest BCUT2D eigenvalue weighted by molar-refractivity contribution is -0.885. The van der Waals surface area contributed by atoms with E-state index >= 15 is 0 Å². The minimum atomic E-state index is -0.243. The van der Waals surface area contributed by atoms with Gasteiger partial charge in [-0.05, 0) is 17.7 Å². The first-order valence-corrected chi connectivity index (χ1v) is 8.11. The first-order valence-electron chi connectivity index (χ1n) is 8.11. The molecule has 1 unspecified atom stereocenters. The molecule has 24 heavy (non-hydrogen) atoms. The van der Waals surface area contributed by atoms with Crippen LogP contribution in [0.25, 0.3) is 0 Å². The molecule has 1 atom stereocenters. The zero-order valence-electron chi connectivity index (χ0n) is 13.7. The van der Waals surface area contributed by atoms with E-state index in [4.69, 9.17) is 0 Å². The Balaban J connectivity index is 1.57. The highest BCUT2D eigenvalue weighted by atomic mass is 19.1. The van der Waals surface area contributed by atoms with Crippen LogP contribution in [0.5, 0.6) is 0 Å². The van der Waals surface area contributed by atoms with Crippen molar-refractivity contribution in [1.29, 1.82) is 0 Å². The fraction of sp³-hybridized carbons (Fsp3) is 0.263. The van der Waals surface area contributed by atoms with Gasteiger partial charge >= 0.3 is 0 Å². The zero-order chi connectivity index (χ0) is 16.9. The standard InChI is InChI=1S/C19H20FN3O/c1-22(13-15-7-9-17(20)10-8-15)14-19(24)23-12-11-18(21-23)16-5-3-2-4-6-16/h2-10H,11-14H2,1H3/p+1. The lowest BCUT2D eigenvalue weighted by Gasteiger charge is -2.16. The summed E-state index contributed by atoms with van der Waals surface area (Å²) in [5.41, 5.74) is 3.04. The maximum Gasteiger partial charge on any atom is 0.297 e. The van der Waals surface area contributed by atoms with Crippen molar-refractivity contribution in [2.75, 3.05) is 20.1 Å². The monoisotopic (exact) mass is 326 g/mol. The highest BCUT2D eigenvalue weighted by Gasteiger charge is 2.23. The number of amides is 1. The molecule has 0 saturated heterocycles. The van der Waals surface area contributed by atoms with Crippen molar-refractivity contribution in [3.05, 3.63) is 71.5 Å². The summed E-state index contributed by atoms with van der Waals surface area (Å²) < 4.78 is 12.9. The molecule has 2 aromatic rings. The van der Waals surface area contributed by atoms with E-state index in [9.17, 15) is 9.18 Å². The number of hydrazone groups is 1. The van der Waals surface area contributed by atoms with Crippen LogP contribution in [0, 0.1) is 5.82 Å². The van der Waals surface area contributed by atoms with Crippen LogP contribution in [0.3, 0.4) is 0 Å². The average Bonchev–Trinajstić information content (AvgIpc) is 3.08. The van der Waals surface area contributed by atoms with Gasteiger partial charge < -0.3 is 4.90 Å². The van der Waals surface area contributed by atoms with Gasteiger partial charge in [-0.15, -0.1) is 0 Å². The predicted octanol–water partition coefficient (Wildman–Crippen LogP) is 1.48. The zero-order valence-corrected chi connectivity index (χ0v) is 13.7. The van der Waals surface area contributed by atoms with Gasteiger partial charge in [-0.2, -0.15) is 5.10 Å². The van der Waals surface area contributed by atoms with E-state index in [1.165, 1.54) is 12.1 Å². The molecule has 3 rings (SSSR count). The smallest absolute Gasteiger partial charge is 0.297 e. The Bertz CT molecular complexity index is 728. The molecule has 0 fully saturated rings. The second-order valence-corrected chi connectivity index (χ2v) is 6.12. The molecule has 0 saturated carbocycles. The highest BCUT2D eigenvalue weighted by molar-refractivity contribution is 6.02. The van der Waals surface area contributed by atoms with Gasteiger partial charge in [-0.25, -0.2) is 9.40 Å². The topological polar surface area (TPSA) is 37.1 Å². The number of quaternary nitrogens is 1. The third-order valence-electron chi connectivity index (χ3n) is 4.07. The molecule has 124 valence electrons. The van der Waals surface area contributed by atoms with Crippen LogP contribution in [-0.2, 0) is 11.3 Å². The Labute approximate surface area is 141 Å². The number of hydrogen-bond donors (Lipinski definition) is 1. The maximum absolute atomic E-state index is 12.9. The van der Waals surface area contributed by atoms with Crippen LogP contribution in [-0.4, -0.2) is 36.8 Å².